The molecule has 3 rings (SSSR count). The number of allylic oxidation sites excluding steroid dienone is 4. The maximum atomic E-state index is 12.4. The Kier molecular flexibility index (Phi) is 8.37. The molecule has 0 amide bonds. The van der Waals surface area contributed by atoms with Gasteiger partial charge in [0.25, 0.3) is 0 Å². The maximum absolute atomic E-state index is 12.4. The van der Waals surface area contributed by atoms with Crippen LogP contribution in [-0.4, -0.2) is 24.9 Å². The van der Waals surface area contributed by atoms with Gasteiger partial charge >= 0.3 is 0 Å². The van der Waals surface area contributed by atoms with E-state index in [9.17, 15) is 4.79 Å². The quantitative estimate of drug-likeness (QED) is 0.248. The predicted molar refractivity (Wildman–Crippen MR) is 133 cm³/mol. The largest absolute Gasteiger partial charge is 0.329 e. The van der Waals surface area contributed by atoms with Crippen molar-refractivity contribution >= 4 is 29.0 Å². The average molecular weight is 431 g/mol. The third-order valence-corrected chi connectivity index (χ3v) is 5.66. The van der Waals surface area contributed by atoms with Gasteiger partial charge in [-0.3, -0.25) is 4.79 Å². The van der Waals surface area contributed by atoms with Crippen molar-refractivity contribution in [1.29, 1.82) is 0 Å². The fourth-order valence-electron chi connectivity index (χ4n) is 4.08. The Labute approximate surface area is 191 Å². The summed E-state index contributed by atoms with van der Waals surface area (Å²) >= 11 is 0. The van der Waals surface area contributed by atoms with Crippen LogP contribution in [0.5, 0.6) is 0 Å². The lowest BCUT2D eigenvalue weighted by Crippen LogP contribution is -2.07. The molecule has 168 valence electrons. The van der Waals surface area contributed by atoms with Crippen LogP contribution in [0.15, 0.2) is 61.0 Å². The van der Waals surface area contributed by atoms with E-state index in [0.29, 0.717) is 12.1 Å². The van der Waals surface area contributed by atoms with Crippen LogP contribution in [0, 0.1) is 0 Å². The normalized spacial score (nSPS) is 14.2. The van der Waals surface area contributed by atoms with Crippen molar-refractivity contribution in [2.24, 2.45) is 0 Å². The predicted octanol–water partition coefficient (Wildman–Crippen LogP) is 6.81. The van der Waals surface area contributed by atoms with Crippen molar-refractivity contribution in [2.45, 2.75) is 65.5 Å². The number of carbonyl (C=O) groups is 1. The molecular formula is C27H34N4O. The Hall–Kier alpha value is -3.21. The fourth-order valence-corrected chi connectivity index (χ4v) is 4.08. The molecule has 0 saturated carbocycles. The zero-order chi connectivity index (χ0) is 22.9. The van der Waals surface area contributed by atoms with Gasteiger partial charge in [-0.2, -0.15) is 0 Å². The molecule has 0 N–H and O–H groups in total. The first-order chi connectivity index (χ1) is 15.5. The zero-order valence-electron chi connectivity index (χ0n) is 19.6. The highest BCUT2D eigenvalue weighted by molar-refractivity contribution is 6.02. The summed E-state index contributed by atoms with van der Waals surface area (Å²) < 4.78 is 4.39. The monoisotopic (exact) mass is 430 g/mol. The second kappa shape index (κ2) is 11.4. The molecule has 0 radical (unpaired) electrons. The van der Waals surface area contributed by atoms with Crippen LogP contribution in [0.2, 0.25) is 0 Å². The van der Waals surface area contributed by atoms with Gasteiger partial charge in [-0.05, 0) is 63.1 Å². The molecule has 2 atom stereocenters. The van der Waals surface area contributed by atoms with Gasteiger partial charge in [0.1, 0.15) is 11.6 Å². The molecule has 32 heavy (non-hydrogen) atoms. The summed E-state index contributed by atoms with van der Waals surface area (Å²) in [5, 5.41) is 0. The van der Waals surface area contributed by atoms with Crippen molar-refractivity contribution in [1.82, 2.24) is 19.1 Å². The molecule has 0 saturated heterocycles. The molecule has 0 aliphatic rings. The standard InChI is InChI=1S/C27H34N4O/c1-5-11-21(3)30-20-19-28-26(30)16-10-7-13-23(32)17-18-27-29-24-14-8-9-15-25(24)31(27)22(4)12-6-2/h7-10,13-22H,5-6,11-12H2,1-4H3/b13-7+,16-10+,18-17+. The number of aromatic nitrogens is 4. The van der Waals surface area contributed by atoms with Gasteiger partial charge in [0.05, 0.1) is 11.0 Å². The van der Waals surface area contributed by atoms with Gasteiger partial charge < -0.3 is 9.13 Å². The van der Waals surface area contributed by atoms with E-state index in [1.165, 1.54) is 0 Å². The second-order valence-electron chi connectivity index (χ2n) is 8.25. The number of fused-ring (bicyclic) bond motifs is 1. The number of hydrogen-bond acceptors (Lipinski definition) is 3. The minimum Gasteiger partial charge on any atom is -0.329 e. The first-order valence-electron chi connectivity index (χ1n) is 11.6. The van der Waals surface area contributed by atoms with E-state index in [2.05, 4.69) is 47.9 Å². The third kappa shape index (κ3) is 5.72. The van der Waals surface area contributed by atoms with E-state index in [-0.39, 0.29) is 5.78 Å². The first-order valence-corrected chi connectivity index (χ1v) is 11.6. The molecule has 0 spiro atoms. The Balaban J connectivity index is 1.70. The molecule has 3 aromatic rings. The Morgan fingerprint density at radius 3 is 2.50 bits per heavy atom. The highest BCUT2D eigenvalue weighted by Gasteiger charge is 2.13. The summed E-state index contributed by atoms with van der Waals surface area (Å²) in [6, 6.07) is 8.85. The van der Waals surface area contributed by atoms with Crippen molar-refractivity contribution in [3.8, 4) is 0 Å². The lowest BCUT2D eigenvalue weighted by atomic mass is 10.2. The zero-order valence-corrected chi connectivity index (χ0v) is 19.6. The second-order valence-corrected chi connectivity index (χ2v) is 8.25. The maximum Gasteiger partial charge on any atom is 0.178 e. The topological polar surface area (TPSA) is 52.7 Å². The SMILES string of the molecule is CCCC(C)n1ccnc1/C=C/C=C/C(=O)/C=C/c1nc2ccccc2n1C(C)CCC. The third-order valence-electron chi connectivity index (χ3n) is 5.66. The van der Waals surface area contributed by atoms with Crippen LogP contribution in [0.3, 0.4) is 0 Å². The lowest BCUT2D eigenvalue weighted by molar-refractivity contribution is -0.110. The molecule has 5 heteroatoms. The Morgan fingerprint density at radius 2 is 1.72 bits per heavy atom. The van der Waals surface area contributed by atoms with E-state index >= 15 is 0 Å². The minimum atomic E-state index is -0.0703. The number of rotatable bonds is 11. The number of imidazole rings is 2. The molecule has 0 aliphatic heterocycles. The van der Waals surface area contributed by atoms with Crippen LogP contribution < -0.4 is 0 Å². The van der Waals surface area contributed by atoms with E-state index in [4.69, 9.17) is 4.98 Å². The van der Waals surface area contributed by atoms with Gasteiger partial charge in [0.15, 0.2) is 5.78 Å². The number of para-hydroxylation sites is 2. The first kappa shape index (κ1) is 23.5. The highest BCUT2D eigenvalue weighted by atomic mass is 16.1. The van der Waals surface area contributed by atoms with E-state index in [0.717, 1.165) is 48.4 Å². The number of carbonyl (C=O) groups excluding carboxylic acids is 1. The average Bonchev–Trinajstić information content (AvgIpc) is 3.40. The van der Waals surface area contributed by atoms with Crippen LogP contribution in [0.25, 0.3) is 23.2 Å². The molecule has 5 nitrogen and oxygen atoms in total. The summed E-state index contributed by atoms with van der Waals surface area (Å²) in [5.74, 6) is 1.65. The van der Waals surface area contributed by atoms with Crippen molar-refractivity contribution in [2.75, 3.05) is 0 Å². The molecule has 2 aromatic heterocycles. The molecule has 0 aliphatic carbocycles. The van der Waals surface area contributed by atoms with Crippen LogP contribution in [0.4, 0.5) is 0 Å². The molecule has 2 heterocycles. The van der Waals surface area contributed by atoms with Crippen molar-refractivity contribution in [3.05, 3.63) is 72.6 Å². The molecule has 0 bridgehead atoms. The summed E-state index contributed by atoms with van der Waals surface area (Å²) in [5.41, 5.74) is 2.06. The van der Waals surface area contributed by atoms with E-state index in [1.807, 2.05) is 48.8 Å². The van der Waals surface area contributed by atoms with Crippen LogP contribution in [-0.2, 0) is 4.79 Å². The number of benzene rings is 1. The smallest absolute Gasteiger partial charge is 0.178 e. The Bertz CT molecular complexity index is 1120. The van der Waals surface area contributed by atoms with Gasteiger partial charge in [-0.15, -0.1) is 0 Å². The van der Waals surface area contributed by atoms with Gasteiger partial charge in [0.2, 0.25) is 0 Å². The van der Waals surface area contributed by atoms with Gasteiger partial charge in [-0.25, -0.2) is 9.97 Å². The molecular weight excluding hydrogens is 396 g/mol. The molecule has 1 aromatic carbocycles. The Morgan fingerprint density at radius 1 is 0.969 bits per heavy atom. The number of ketones is 1. The number of nitrogens with zero attached hydrogens (tertiary/aromatic N) is 4. The summed E-state index contributed by atoms with van der Waals surface area (Å²) in [6.07, 6.45) is 18.8. The van der Waals surface area contributed by atoms with Crippen molar-refractivity contribution in [3.63, 3.8) is 0 Å². The highest BCUT2D eigenvalue weighted by Crippen LogP contribution is 2.24. The minimum absolute atomic E-state index is 0.0703. The van der Waals surface area contributed by atoms with Crippen molar-refractivity contribution < 1.29 is 4.79 Å². The van der Waals surface area contributed by atoms with Crippen LogP contribution >= 0.6 is 0 Å². The fraction of sp³-hybridized carbons (Fsp3) is 0.370. The lowest BCUT2D eigenvalue weighted by Gasteiger charge is -2.15. The molecule has 2 unspecified atom stereocenters. The summed E-state index contributed by atoms with van der Waals surface area (Å²) in [7, 11) is 0. The summed E-state index contributed by atoms with van der Waals surface area (Å²) in [4.78, 5) is 21.5. The van der Waals surface area contributed by atoms with Gasteiger partial charge in [0, 0.05) is 24.5 Å². The summed E-state index contributed by atoms with van der Waals surface area (Å²) in [6.45, 7) is 8.77. The van der Waals surface area contributed by atoms with Crippen LogP contribution in [0.1, 0.15) is 77.1 Å². The van der Waals surface area contributed by atoms with E-state index in [1.54, 1.807) is 18.2 Å². The van der Waals surface area contributed by atoms with Gasteiger partial charge in [-0.1, -0.05) is 51.0 Å². The molecule has 0 fully saturated rings. The number of hydrogen-bond donors (Lipinski definition) is 0. The van der Waals surface area contributed by atoms with E-state index < -0.39 is 0 Å².